The number of nitrogen functional groups attached to an aromatic ring is 1. The third kappa shape index (κ3) is 2.88. The summed E-state index contributed by atoms with van der Waals surface area (Å²) in [5.41, 5.74) is 8.54. The Morgan fingerprint density at radius 2 is 2.20 bits per heavy atom. The van der Waals surface area contributed by atoms with Crippen molar-refractivity contribution in [2.75, 3.05) is 17.6 Å². The van der Waals surface area contributed by atoms with Crippen molar-refractivity contribution in [2.45, 2.75) is 13.0 Å². The van der Waals surface area contributed by atoms with Gasteiger partial charge in [0.2, 0.25) is 0 Å². The standard InChI is InChI=1S/C15H17N5/c16-13-2-3-15-12(8-13)9-14(10-19-15)18-4-1-6-20-7-5-17-11-20/h2-3,5,7-11,18H,1,4,6,16H2. The van der Waals surface area contributed by atoms with Gasteiger partial charge in [0, 0.05) is 36.6 Å². The maximum absolute atomic E-state index is 5.79. The number of pyridine rings is 1. The lowest BCUT2D eigenvalue weighted by atomic mass is 10.2. The number of benzene rings is 1. The topological polar surface area (TPSA) is 68.8 Å². The van der Waals surface area contributed by atoms with Crippen molar-refractivity contribution in [1.29, 1.82) is 0 Å². The molecule has 20 heavy (non-hydrogen) atoms. The van der Waals surface area contributed by atoms with E-state index in [-0.39, 0.29) is 0 Å². The molecule has 2 aromatic heterocycles. The van der Waals surface area contributed by atoms with Crippen LogP contribution in [0.4, 0.5) is 11.4 Å². The van der Waals surface area contributed by atoms with Crippen LogP contribution in [0.2, 0.25) is 0 Å². The summed E-state index contributed by atoms with van der Waals surface area (Å²) in [6, 6.07) is 7.83. The Labute approximate surface area is 117 Å². The van der Waals surface area contributed by atoms with Crippen LogP contribution in [0.1, 0.15) is 6.42 Å². The number of nitrogens with zero attached hydrogens (tertiary/aromatic N) is 3. The third-order valence-corrected chi connectivity index (χ3v) is 3.19. The lowest BCUT2D eigenvalue weighted by molar-refractivity contribution is 0.661. The molecular formula is C15H17N5. The van der Waals surface area contributed by atoms with Gasteiger partial charge in [0.15, 0.2) is 0 Å². The quantitative estimate of drug-likeness (QED) is 0.550. The Kier molecular flexibility index (Phi) is 3.50. The number of fused-ring (bicyclic) bond motifs is 1. The summed E-state index contributed by atoms with van der Waals surface area (Å²) >= 11 is 0. The van der Waals surface area contributed by atoms with Gasteiger partial charge in [-0.1, -0.05) is 0 Å². The molecule has 0 aliphatic carbocycles. The van der Waals surface area contributed by atoms with Crippen LogP contribution in [0, 0.1) is 0 Å². The number of hydrogen-bond donors (Lipinski definition) is 2. The zero-order valence-electron chi connectivity index (χ0n) is 11.2. The zero-order chi connectivity index (χ0) is 13.8. The highest BCUT2D eigenvalue weighted by atomic mass is 15.0. The van der Waals surface area contributed by atoms with E-state index < -0.39 is 0 Å². The molecule has 5 nitrogen and oxygen atoms in total. The Hall–Kier alpha value is -2.56. The van der Waals surface area contributed by atoms with Gasteiger partial charge in [-0.25, -0.2) is 4.98 Å². The lowest BCUT2D eigenvalue weighted by Gasteiger charge is -2.08. The lowest BCUT2D eigenvalue weighted by Crippen LogP contribution is -2.06. The summed E-state index contributed by atoms with van der Waals surface area (Å²) in [6.45, 7) is 1.86. The number of imidazole rings is 1. The molecule has 0 fully saturated rings. The fraction of sp³-hybridized carbons (Fsp3) is 0.200. The molecular weight excluding hydrogens is 250 g/mol. The predicted molar refractivity (Wildman–Crippen MR) is 81.5 cm³/mol. The molecule has 0 aliphatic heterocycles. The fourth-order valence-corrected chi connectivity index (χ4v) is 2.16. The first-order valence-electron chi connectivity index (χ1n) is 6.66. The molecule has 3 aromatic rings. The van der Waals surface area contributed by atoms with Crippen molar-refractivity contribution in [2.24, 2.45) is 0 Å². The number of rotatable bonds is 5. The first-order chi connectivity index (χ1) is 9.81. The normalized spacial score (nSPS) is 10.8. The van der Waals surface area contributed by atoms with Crippen LogP contribution in [0.25, 0.3) is 10.9 Å². The molecule has 0 spiro atoms. The second-order valence-corrected chi connectivity index (χ2v) is 4.76. The molecule has 5 heteroatoms. The molecule has 0 amide bonds. The van der Waals surface area contributed by atoms with E-state index in [1.165, 1.54) is 0 Å². The van der Waals surface area contributed by atoms with Crippen molar-refractivity contribution < 1.29 is 0 Å². The summed E-state index contributed by atoms with van der Waals surface area (Å²) in [6.07, 6.45) is 8.49. The minimum atomic E-state index is 0.761. The fourth-order valence-electron chi connectivity index (χ4n) is 2.16. The van der Waals surface area contributed by atoms with Gasteiger partial charge in [-0.2, -0.15) is 0 Å². The maximum Gasteiger partial charge on any atom is 0.0945 e. The Balaban J connectivity index is 1.59. The van der Waals surface area contributed by atoms with E-state index in [1.54, 1.807) is 6.20 Å². The molecule has 0 atom stereocenters. The number of hydrogen-bond acceptors (Lipinski definition) is 4. The number of aryl methyl sites for hydroxylation is 1. The summed E-state index contributed by atoms with van der Waals surface area (Å²) in [4.78, 5) is 8.44. The molecule has 2 heterocycles. The van der Waals surface area contributed by atoms with Crippen LogP contribution in [-0.4, -0.2) is 21.1 Å². The number of aromatic nitrogens is 3. The van der Waals surface area contributed by atoms with Crippen LogP contribution in [0.5, 0.6) is 0 Å². The second-order valence-electron chi connectivity index (χ2n) is 4.76. The molecule has 0 aliphatic rings. The summed E-state index contributed by atoms with van der Waals surface area (Å²) in [5, 5.41) is 4.44. The Morgan fingerprint density at radius 1 is 1.25 bits per heavy atom. The molecule has 102 valence electrons. The number of anilines is 2. The monoisotopic (exact) mass is 267 g/mol. The maximum atomic E-state index is 5.79. The van der Waals surface area contributed by atoms with Crippen molar-refractivity contribution in [3.63, 3.8) is 0 Å². The van der Waals surface area contributed by atoms with Crippen LogP contribution in [-0.2, 0) is 6.54 Å². The highest BCUT2D eigenvalue weighted by Gasteiger charge is 1.98. The largest absolute Gasteiger partial charge is 0.399 e. The van der Waals surface area contributed by atoms with Crippen LogP contribution in [0.15, 0.2) is 49.2 Å². The van der Waals surface area contributed by atoms with E-state index in [0.717, 1.165) is 41.8 Å². The van der Waals surface area contributed by atoms with Gasteiger partial charge in [-0.3, -0.25) is 4.98 Å². The first-order valence-corrected chi connectivity index (χ1v) is 6.66. The zero-order valence-corrected chi connectivity index (χ0v) is 11.2. The van der Waals surface area contributed by atoms with Crippen LogP contribution in [0.3, 0.4) is 0 Å². The average Bonchev–Trinajstić information content (AvgIpc) is 2.96. The minimum Gasteiger partial charge on any atom is -0.399 e. The summed E-state index contributed by atoms with van der Waals surface area (Å²) in [7, 11) is 0. The summed E-state index contributed by atoms with van der Waals surface area (Å²) < 4.78 is 2.07. The molecule has 0 radical (unpaired) electrons. The van der Waals surface area contributed by atoms with E-state index in [1.807, 2.05) is 36.9 Å². The van der Waals surface area contributed by atoms with E-state index in [2.05, 4.69) is 25.9 Å². The van der Waals surface area contributed by atoms with Crippen molar-refractivity contribution in [1.82, 2.24) is 14.5 Å². The molecule has 3 N–H and O–H groups in total. The van der Waals surface area contributed by atoms with Gasteiger partial charge in [0.1, 0.15) is 0 Å². The highest BCUT2D eigenvalue weighted by molar-refractivity contribution is 5.84. The molecule has 3 rings (SSSR count). The number of nitrogens with two attached hydrogens (primary N) is 1. The van der Waals surface area contributed by atoms with E-state index in [4.69, 9.17) is 5.73 Å². The van der Waals surface area contributed by atoms with E-state index in [0.29, 0.717) is 0 Å². The van der Waals surface area contributed by atoms with Crippen molar-refractivity contribution in [3.05, 3.63) is 49.2 Å². The van der Waals surface area contributed by atoms with Gasteiger partial charge in [-0.05, 0) is 30.7 Å². The van der Waals surface area contributed by atoms with E-state index >= 15 is 0 Å². The first kappa shape index (κ1) is 12.5. The van der Waals surface area contributed by atoms with Gasteiger partial charge < -0.3 is 15.6 Å². The highest BCUT2D eigenvalue weighted by Crippen LogP contribution is 2.19. The molecule has 0 saturated heterocycles. The minimum absolute atomic E-state index is 0.761. The van der Waals surface area contributed by atoms with E-state index in [9.17, 15) is 0 Å². The average molecular weight is 267 g/mol. The van der Waals surface area contributed by atoms with Gasteiger partial charge in [0.05, 0.1) is 23.7 Å². The predicted octanol–water partition coefficient (Wildman–Crippen LogP) is 2.52. The van der Waals surface area contributed by atoms with Gasteiger partial charge >= 0.3 is 0 Å². The Bertz CT molecular complexity index is 691. The molecule has 0 unspecified atom stereocenters. The second kappa shape index (κ2) is 5.61. The van der Waals surface area contributed by atoms with Crippen LogP contribution < -0.4 is 11.1 Å². The summed E-state index contributed by atoms with van der Waals surface area (Å²) in [5.74, 6) is 0. The van der Waals surface area contributed by atoms with Crippen LogP contribution >= 0.6 is 0 Å². The molecule has 1 aromatic carbocycles. The van der Waals surface area contributed by atoms with Crippen molar-refractivity contribution in [3.8, 4) is 0 Å². The third-order valence-electron chi connectivity index (χ3n) is 3.19. The molecule has 0 bridgehead atoms. The SMILES string of the molecule is Nc1ccc2ncc(NCCCn3ccnc3)cc2c1. The smallest absolute Gasteiger partial charge is 0.0945 e. The van der Waals surface area contributed by atoms with Gasteiger partial charge in [-0.15, -0.1) is 0 Å². The molecule has 0 saturated carbocycles. The number of nitrogens with one attached hydrogen (secondary N) is 1. The Morgan fingerprint density at radius 3 is 3.05 bits per heavy atom. The van der Waals surface area contributed by atoms with Crippen molar-refractivity contribution >= 4 is 22.3 Å². The van der Waals surface area contributed by atoms with Gasteiger partial charge in [0.25, 0.3) is 0 Å².